The SMILES string of the molecule is Cc1ccc(Cn2cc([C@H](CC(=O)N3CCCC3)c3ccc(Cl)c(Cl)c3)c3ccccc32)cc1. The zero-order chi connectivity index (χ0) is 23.7. The van der Waals surface area contributed by atoms with E-state index in [1.807, 2.05) is 23.1 Å². The van der Waals surface area contributed by atoms with E-state index in [1.165, 1.54) is 16.5 Å². The van der Waals surface area contributed by atoms with Gasteiger partial charge in [0.15, 0.2) is 0 Å². The van der Waals surface area contributed by atoms with Crippen LogP contribution in [0.3, 0.4) is 0 Å². The van der Waals surface area contributed by atoms with Gasteiger partial charge in [-0.3, -0.25) is 4.79 Å². The summed E-state index contributed by atoms with van der Waals surface area (Å²) in [5, 5.41) is 2.21. The largest absolute Gasteiger partial charge is 0.343 e. The highest BCUT2D eigenvalue weighted by atomic mass is 35.5. The summed E-state index contributed by atoms with van der Waals surface area (Å²) < 4.78 is 2.29. The molecule has 5 rings (SSSR count). The van der Waals surface area contributed by atoms with E-state index in [0.29, 0.717) is 16.5 Å². The Hall–Kier alpha value is -2.75. The number of carbonyl (C=O) groups excluding carboxylic acids is 1. The maximum Gasteiger partial charge on any atom is 0.223 e. The van der Waals surface area contributed by atoms with Crippen LogP contribution in [-0.4, -0.2) is 28.5 Å². The quantitative estimate of drug-likeness (QED) is 0.275. The van der Waals surface area contributed by atoms with Gasteiger partial charge in [-0.1, -0.05) is 77.3 Å². The summed E-state index contributed by atoms with van der Waals surface area (Å²) in [6, 6.07) is 22.8. The first-order valence-electron chi connectivity index (χ1n) is 11.9. The molecule has 3 nitrogen and oxygen atoms in total. The van der Waals surface area contributed by atoms with E-state index in [2.05, 4.69) is 66.2 Å². The Morgan fingerprint density at radius 1 is 0.941 bits per heavy atom. The van der Waals surface area contributed by atoms with Crippen LogP contribution in [0.5, 0.6) is 0 Å². The fraction of sp³-hybridized carbons (Fsp3) is 0.276. The summed E-state index contributed by atoms with van der Waals surface area (Å²) in [7, 11) is 0. The van der Waals surface area contributed by atoms with Gasteiger partial charge in [-0.2, -0.15) is 0 Å². The lowest BCUT2D eigenvalue weighted by Gasteiger charge is -2.22. The number of hydrogen-bond acceptors (Lipinski definition) is 1. The fourth-order valence-corrected chi connectivity index (χ4v) is 5.29. The highest BCUT2D eigenvalue weighted by Crippen LogP contribution is 2.38. The van der Waals surface area contributed by atoms with Crippen LogP contribution in [0.1, 0.15) is 47.4 Å². The van der Waals surface area contributed by atoms with Crippen molar-refractivity contribution in [3.05, 3.63) is 105 Å². The van der Waals surface area contributed by atoms with Crippen LogP contribution in [0.25, 0.3) is 10.9 Å². The minimum absolute atomic E-state index is 0.105. The van der Waals surface area contributed by atoms with Crippen molar-refractivity contribution in [2.75, 3.05) is 13.1 Å². The van der Waals surface area contributed by atoms with Gasteiger partial charge in [0, 0.05) is 49.1 Å². The van der Waals surface area contributed by atoms with E-state index in [-0.39, 0.29) is 11.8 Å². The van der Waals surface area contributed by atoms with Crippen LogP contribution < -0.4 is 0 Å². The summed E-state index contributed by atoms with van der Waals surface area (Å²) in [4.78, 5) is 15.3. The van der Waals surface area contributed by atoms with Crippen molar-refractivity contribution >= 4 is 40.0 Å². The fourth-order valence-electron chi connectivity index (χ4n) is 4.98. The third-order valence-electron chi connectivity index (χ3n) is 6.85. The Kier molecular flexibility index (Phi) is 6.67. The highest BCUT2D eigenvalue weighted by molar-refractivity contribution is 6.42. The van der Waals surface area contributed by atoms with Gasteiger partial charge in [0.2, 0.25) is 5.91 Å². The van der Waals surface area contributed by atoms with Gasteiger partial charge >= 0.3 is 0 Å². The van der Waals surface area contributed by atoms with E-state index in [1.54, 1.807) is 0 Å². The molecular formula is C29H28Cl2N2O. The second-order valence-corrected chi connectivity index (χ2v) is 10.0. The molecule has 0 bridgehead atoms. The summed E-state index contributed by atoms with van der Waals surface area (Å²) in [6.45, 7) is 4.57. The van der Waals surface area contributed by atoms with Crippen LogP contribution >= 0.6 is 23.2 Å². The minimum Gasteiger partial charge on any atom is -0.343 e. The van der Waals surface area contributed by atoms with E-state index in [4.69, 9.17) is 23.2 Å². The number of hydrogen-bond donors (Lipinski definition) is 0. The molecule has 0 unspecified atom stereocenters. The average molecular weight is 491 g/mol. The topological polar surface area (TPSA) is 25.2 Å². The van der Waals surface area contributed by atoms with Gasteiger partial charge in [0.25, 0.3) is 0 Å². The summed E-state index contributed by atoms with van der Waals surface area (Å²) in [6.07, 6.45) is 4.80. The molecule has 4 aromatic rings. The van der Waals surface area contributed by atoms with E-state index >= 15 is 0 Å². The van der Waals surface area contributed by atoms with Crippen LogP contribution in [0.2, 0.25) is 10.0 Å². The molecule has 2 heterocycles. The second kappa shape index (κ2) is 9.85. The number of carbonyl (C=O) groups is 1. The lowest BCUT2D eigenvalue weighted by molar-refractivity contribution is -0.130. The highest BCUT2D eigenvalue weighted by Gasteiger charge is 2.27. The van der Waals surface area contributed by atoms with Crippen molar-refractivity contribution in [3.63, 3.8) is 0 Å². The molecule has 1 aliphatic rings. The third kappa shape index (κ3) is 4.73. The summed E-state index contributed by atoms with van der Waals surface area (Å²) >= 11 is 12.7. The first-order valence-corrected chi connectivity index (χ1v) is 12.6. The molecule has 1 amide bonds. The molecule has 1 fully saturated rings. The maximum absolute atomic E-state index is 13.3. The van der Waals surface area contributed by atoms with Crippen LogP contribution in [0, 0.1) is 6.92 Å². The monoisotopic (exact) mass is 490 g/mol. The lowest BCUT2D eigenvalue weighted by Crippen LogP contribution is -2.29. The number of aryl methyl sites for hydroxylation is 1. The first-order chi connectivity index (χ1) is 16.5. The number of likely N-dealkylation sites (tertiary alicyclic amines) is 1. The number of amides is 1. The molecule has 3 aromatic carbocycles. The standard InChI is InChI=1S/C29H28Cl2N2O/c1-20-8-10-21(11-9-20)18-33-19-25(23-6-2-3-7-28(23)33)24(17-29(34)32-14-4-5-15-32)22-12-13-26(30)27(31)16-22/h2-3,6-13,16,19,24H,4-5,14-15,17-18H2,1H3/t24-/m1/s1. The predicted molar refractivity (Wildman–Crippen MR) is 141 cm³/mol. The van der Waals surface area contributed by atoms with Gasteiger partial charge < -0.3 is 9.47 Å². The zero-order valence-corrected chi connectivity index (χ0v) is 20.8. The third-order valence-corrected chi connectivity index (χ3v) is 7.59. The average Bonchev–Trinajstić information content (AvgIpc) is 3.50. The number of halogens is 2. The molecule has 0 aliphatic carbocycles. The van der Waals surface area contributed by atoms with Crippen molar-refractivity contribution in [2.45, 2.75) is 38.6 Å². The Morgan fingerprint density at radius 2 is 1.68 bits per heavy atom. The molecular weight excluding hydrogens is 463 g/mol. The molecule has 0 saturated carbocycles. The van der Waals surface area contributed by atoms with Crippen LogP contribution in [0.15, 0.2) is 72.9 Å². The Balaban J connectivity index is 1.58. The molecule has 1 atom stereocenters. The molecule has 1 aromatic heterocycles. The van der Waals surface area contributed by atoms with Gasteiger partial charge in [0.1, 0.15) is 0 Å². The summed E-state index contributed by atoms with van der Waals surface area (Å²) in [5.41, 5.74) is 5.82. The predicted octanol–water partition coefficient (Wildman–Crippen LogP) is 7.45. The molecule has 1 saturated heterocycles. The normalized spacial score (nSPS) is 14.6. The molecule has 1 aliphatic heterocycles. The number of para-hydroxylation sites is 1. The number of rotatable bonds is 6. The molecule has 174 valence electrons. The van der Waals surface area contributed by atoms with Crippen LogP contribution in [-0.2, 0) is 11.3 Å². The number of aromatic nitrogens is 1. The molecule has 0 spiro atoms. The van der Waals surface area contributed by atoms with Crippen LogP contribution in [0.4, 0.5) is 0 Å². The first kappa shape index (κ1) is 23.0. The number of benzene rings is 3. The second-order valence-electron chi connectivity index (χ2n) is 9.23. The zero-order valence-electron chi connectivity index (χ0n) is 19.3. The molecule has 34 heavy (non-hydrogen) atoms. The smallest absolute Gasteiger partial charge is 0.223 e. The number of fused-ring (bicyclic) bond motifs is 1. The van der Waals surface area contributed by atoms with Gasteiger partial charge in [0.05, 0.1) is 10.0 Å². The van der Waals surface area contributed by atoms with E-state index in [9.17, 15) is 4.79 Å². The Morgan fingerprint density at radius 3 is 2.41 bits per heavy atom. The van der Waals surface area contributed by atoms with Gasteiger partial charge in [-0.05, 0) is 54.7 Å². The van der Waals surface area contributed by atoms with E-state index in [0.717, 1.165) is 49.1 Å². The van der Waals surface area contributed by atoms with Crippen molar-refractivity contribution in [3.8, 4) is 0 Å². The van der Waals surface area contributed by atoms with Crippen molar-refractivity contribution in [1.29, 1.82) is 0 Å². The van der Waals surface area contributed by atoms with Gasteiger partial charge in [-0.25, -0.2) is 0 Å². The van der Waals surface area contributed by atoms with Crippen molar-refractivity contribution < 1.29 is 4.79 Å². The van der Waals surface area contributed by atoms with Crippen molar-refractivity contribution in [2.24, 2.45) is 0 Å². The molecule has 5 heteroatoms. The Bertz CT molecular complexity index is 1320. The Labute approximate surface area is 210 Å². The maximum atomic E-state index is 13.3. The molecule has 0 N–H and O–H groups in total. The summed E-state index contributed by atoms with van der Waals surface area (Å²) in [5.74, 6) is 0.0935. The lowest BCUT2D eigenvalue weighted by atomic mass is 9.88. The minimum atomic E-state index is -0.105. The van der Waals surface area contributed by atoms with Gasteiger partial charge in [-0.15, -0.1) is 0 Å². The van der Waals surface area contributed by atoms with Crippen molar-refractivity contribution in [1.82, 2.24) is 9.47 Å². The molecule has 0 radical (unpaired) electrons. The number of nitrogens with zero attached hydrogens (tertiary/aromatic N) is 2. The van der Waals surface area contributed by atoms with E-state index < -0.39 is 0 Å².